The van der Waals surface area contributed by atoms with Gasteiger partial charge in [0.05, 0.1) is 6.10 Å². The highest BCUT2D eigenvalue weighted by Crippen LogP contribution is 2.33. The summed E-state index contributed by atoms with van der Waals surface area (Å²) in [7, 11) is 0. The van der Waals surface area contributed by atoms with Crippen molar-refractivity contribution in [3.8, 4) is 11.1 Å². The second-order valence-corrected chi connectivity index (χ2v) is 9.35. The Bertz CT molecular complexity index is 1170. The first-order valence-corrected chi connectivity index (χ1v) is 12.4. The zero-order valence-electron chi connectivity index (χ0n) is 21.0. The van der Waals surface area contributed by atoms with Crippen LogP contribution in [0.25, 0.3) is 11.1 Å². The molecule has 0 amide bonds. The lowest BCUT2D eigenvalue weighted by Gasteiger charge is -2.29. The van der Waals surface area contributed by atoms with E-state index in [4.69, 9.17) is 4.74 Å². The highest BCUT2D eigenvalue weighted by Gasteiger charge is 2.32. The fourth-order valence-corrected chi connectivity index (χ4v) is 4.80. The summed E-state index contributed by atoms with van der Waals surface area (Å²) >= 11 is 0. The SMILES string of the molecule is CCN(Cc1cccc(F)c1C)C1CCN(c2nccc(-c3ccccc3)c2C(=O)OC(C)C)C1. The molecule has 1 fully saturated rings. The molecule has 1 atom stereocenters. The fraction of sp³-hybridized carbons (Fsp3) is 0.379. The molecule has 6 heteroatoms. The highest BCUT2D eigenvalue weighted by molar-refractivity contribution is 6.02. The standard InChI is InChI=1S/C29H34FN3O2/c1-5-32(18-23-12-9-13-26(30)21(23)4)24-15-17-33(19-24)28-27(29(34)35-20(2)3)25(14-16-31-28)22-10-7-6-8-11-22/h6-14,16,20,24H,5,15,17-19H2,1-4H3. The second kappa shape index (κ2) is 11.0. The molecule has 1 saturated heterocycles. The Morgan fingerprint density at radius 2 is 1.94 bits per heavy atom. The van der Waals surface area contributed by atoms with Gasteiger partial charge in [-0.25, -0.2) is 14.2 Å². The number of rotatable bonds is 8. The van der Waals surface area contributed by atoms with Crippen molar-refractivity contribution < 1.29 is 13.9 Å². The normalized spacial score (nSPS) is 15.7. The topological polar surface area (TPSA) is 45.7 Å². The molecule has 184 valence electrons. The van der Waals surface area contributed by atoms with Crippen LogP contribution in [0.1, 0.15) is 48.7 Å². The van der Waals surface area contributed by atoms with Crippen LogP contribution in [-0.2, 0) is 11.3 Å². The van der Waals surface area contributed by atoms with Gasteiger partial charge in [0.2, 0.25) is 0 Å². The van der Waals surface area contributed by atoms with Crippen molar-refractivity contribution >= 4 is 11.8 Å². The number of nitrogens with zero attached hydrogens (tertiary/aromatic N) is 3. The molecule has 3 aromatic rings. The Kier molecular flexibility index (Phi) is 7.81. The fourth-order valence-electron chi connectivity index (χ4n) is 4.80. The number of aromatic nitrogens is 1. The van der Waals surface area contributed by atoms with Gasteiger partial charge in [-0.1, -0.05) is 49.4 Å². The number of hydrogen-bond donors (Lipinski definition) is 0. The third kappa shape index (κ3) is 5.54. The first kappa shape index (κ1) is 24.9. The minimum Gasteiger partial charge on any atom is -0.459 e. The van der Waals surface area contributed by atoms with Gasteiger partial charge in [-0.2, -0.15) is 0 Å². The van der Waals surface area contributed by atoms with Gasteiger partial charge in [-0.3, -0.25) is 4.90 Å². The maximum absolute atomic E-state index is 14.1. The zero-order valence-corrected chi connectivity index (χ0v) is 21.0. The molecule has 0 saturated carbocycles. The lowest BCUT2D eigenvalue weighted by atomic mass is 10.0. The third-order valence-corrected chi connectivity index (χ3v) is 6.70. The molecule has 0 aliphatic carbocycles. The zero-order chi connectivity index (χ0) is 24.9. The van der Waals surface area contributed by atoms with Crippen molar-refractivity contribution in [2.45, 2.75) is 52.8 Å². The number of hydrogen-bond acceptors (Lipinski definition) is 5. The molecule has 2 aromatic carbocycles. The Hall–Kier alpha value is -3.25. The van der Waals surface area contributed by atoms with Crippen molar-refractivity contribution in [3.05, 3.63) is 83.3 Å². The molecule has 1 aromatic heterocycles. The van der Waals surface area contributed by atoms with Gasteiger partial charge in [-0.15, -0.1) is 0 Å². The Morgan fingerprint density at radius 3 is 2.66 bits per heavy atom. The van der Waals surface area contributed by atoms with Crippen LogP contribution in [0.15, 0.2) is 60.8 Å². The molecule has 0 bridgehead atoms. The molecule has 5 nitrogen and oxygen atoms in total. The summed E-state index contributed by atoms with van der Waals surface area (Å²) in [6.45, 7) is 10.8. The van der Waals surface area contributed by atoms with Crippen LogP contribution in [0.2, 0.25) is 0 Å². The van der Waals surface area contributed by atoms with Crippen molar-refractivity contribution in [1.82, 2.24) is 9.88 Å². The lowest BCUT2D eigenvalue weighted by Crippen LogP contribution is -2.37. The Morgan fingerprint density at radius 1 is 1.17 bits per heavy atom. The van der Waals surface area contributed by atoms with E-state index in [2.05, 4.69) is 21.7 Å². The third-order valence-electron chi connectivity index (χ3n) is 6.70. The predicted octanol–water partition coefficient (Wildman–Crippen LogP) is 5.86. The monoisotopic (exact) mass is 475 g/mol. The van der Waals surface area contributed by atoms with E-state index in [0.717, 1.165) is 42.7 Å². The summed E-state index contributed by atoms with van der Waals surface area (Å²) in [6.07, 6.45) is 2.48. The molecule has 1 aliphatic rings. The van der Waals surface area contributed by atoms with E-state index in [9.17, 15) is 9.18 Å². The first-order chi connectivity index (χ1) is 16.9. The van der Waals surface area contributed by atoms with E-state index < -0.39 is 0 Å². The van der Waals surface area contributed by atoms with Gasteiger partial charge in [-0.05, 0) is 62.6 Å². The number of carbonyl (C=O) groups excluding carboxylic acids is 1. The molecule has 2 heterocycles. The first-order valence-electron chi connectivity index (χ1n) is 12.4. The molecule has 4 rings (SSSR count). The van der Waals surface area contributed by atoms with E-state index in [1.807, 2.05) is 63.2 Å². The van der Waals surface area contributed by atoms with Crippen molar-refractivity contribution in [2.24, 2.45) is 0 Å². The molecule has 35 heavy (non-hydrogen) atoms. The average molecular weight is 476 g/mol. The number of carbonyl (C=O) groups is 1. The van der Waals surface area contributed by atoms with E-state index in [0.29, 0.717) is 23.5 Å². The maximum Gasteiger partial charge on any atom is 0.342 e. The van der Waals surface area contributed by atoms with Crippen molar-refractivity contribution in [1.29, 1.82) is 0 Å². The summed E-state index contributed by atoms with van der Waals surface area (Å²) in [5.41, 5.74) is 4.01. The maximum atomic E-state index is 14.1. The number of benzene rings is 2. The summed E-state index contributed by atoms with van der Waals surface area (Å²) in [6, 6.07) is 17.3. The van der Waals surface area contributed by atoms with Crippen LogP contribution >= 0.6 is 0 Å². The second-order valence-electron chi connectivity index (χ2n) is 9.35. The minimum absolute atomic E-state index is 0.165. The average Bonchev–Trinajstić information content (AvgIpc) is 3.34. The van der Waals surface area contributed by atoms with Crippen LogP contribution in [0, 0.1) is 12.7 Å². The smallest absolute Gasteiger partial charge is 0.342 e. The lowest BCUT2D eigenvalue weighted by molar-refractivity contribution is 0.0379. The number of esters is 1. The van der Waals surface area contributed by atoms with Gasteiger partial charge < -0.3 is 9.64 Å². The van der Waals surface area contributed by atoms with E-state index >= 15 is 0 Å². The number of pyridine rings is 1. The number of ether oxygens (including phenoxy) is 1. The molecule has 1 aliphatic heterocycles. The summed E-state index contributed by atoms with van der Waals surface area (Å²) in [5, 5.41) is 0. The molecular weight excluding hydrogens is 441 g/mol. The number of anilines is 1. The number of likely N-dealkylation sites (N-methyl/N-ethyl adjacent to an activating group) is 1. The van der Waals surface area contributed by atoms with E-state index in [1.54, 1.807) is 12.3 Å². The quantitative estimate of drug-likeness (QED) is 0.382. The largest absolute Gasteiger partial charge is 0.459 e. The van der Waals surface area contributed by atoms with Crippen LogP contribution < -0.4 is 4.90 Å². The van der Waals surface area contributed by atoms with E-state index in [-0.39, 0.29) is 23.9 Å². The van der Waals surface area contributed by atoms with Gasteiger partial charge in [0.1, 0.15) is 17.2 Å². The molecule has 0 radical (unpaired) electrons. The van der Waals surface area contributed by atoms with Gasteiger partial charge in [0.25, 0.3) is 0 Å². The summed E-state index contributed by atoms with van der Waals surface area (Å²) in [4.78, 5) is 22.5. The van der Waals surface area contributed by atoms with Crippen LogP contribution in [0.5, 0.6) is 0 Å². The van der Waals surface area contributed by atoms with Gasteiger partial charge in [0, 0.05) is 37.4 Å². The van der Waals surface area contributed by atoms with Crippen LogP contribution in [0.4, 0.5) is 10.2 Å². The Labute approximate surface area is 207 Å². The molecular formula is C29H34FN3O2. The van der Waals surface area contributed by atoms with Gasteiger partial charge >= 0.3 is 5.97 Å². The van der Waals surface area contributed by atoms with E-state index in [1.165, 1.54) is 6.07 Å². The van der Waals surface area contributed by atoms with Crippen LogP contribution in [-0.4, -0.2) is 47.6 Å². The Balaban J connectivity index is 1.62. The van der Waals surface area contributed by atoms with Crippen molar-refractivity contribution in [2.75, 3.05) is 24.5 Å². The van der Waals surface area contributed by atoms with Crippen LogP contribution in [0.3, 0.4) is 0 Å². The van der Waals surface area contributed by atoms with Gasteiger partial charge in [0.15, 0.2) is 0 Å². The van der Waals surface area contributed by atoms with Crippen molar-refractivity contribution in [3.63, 3.8) is 0 Å². The summed E-state index contributed by atoms with van der Waals surface area (Å²) < 4.78 is 19.7. The minimum atomic E-state index is -0.354. The molecule has 0 N–H and O–H groups in total. The molecule has 1 unspecified atom stereocenters. The number of halogens is 1. The summed E-state index contributed by atoms with van der Waals surface area (Å²) in [5.74, 6) is 0.146. The predicted molar refractivity (Wildman–Crippen MR) is 138 cm³/mol. The highest BCUT2D eigenvalue weighted by atomic mass is 19.1. The molecule has 0 spiro atoms.